The molecule has 11 heavy (non-hydrogen) atoms. The molecule has 0 fully saturated rings. The molecule has 0 aromatic rings. The van der Waals surface area contributed by atoms with E-state index in [4.69, 9.17) is 5.11 Å². The van der Waals surface area contributed by atoms with Crippen molar-refractivity contribution in [3.05, 3.63) is 23.2 Å². The SMILES string of the molecule is CC1=C(O)C(=CO)CCC1=O. The van der Waals surface area contributed by atoms with Gasteiger partial charge in [-0.05, 0) is 13.3 Å². The van der Waals surface area contributed by atoms with Crippen LogP contribution in [-0.4, -0.2) is 16.0 Å². The second-order valence-corrected chi connectivity index (χ2v) is 2.55. The predicted molar refractivity (Wildman–Crippen MR) is 40.3 cm³/mol. The smallest absolute Gasteiger partial charge is 0.162 e. The fourth-order valence-corrected chi connectivity index (χ4v) is 1.05. The van der Waals surface area contributed by atoms with Crippen molar-refractivity contribution in [2.24, 2.45) is 0 Å². The number of ketones is 1. The first-order chi connectivity index (χ1) is 5.16. The van der Waals surface area contributed by atoms with E-state index in [9.17, 15) is 9.90 Å². The van der Waals surface area contributed by atoms with Gasteiger partial charge in [0.2, 0.25) is 0 Å². The van der Waals surface area contributed by atoms with E-state index in [0.29, 0.717) is 24.0 Å². The summed E-state index contributed by atoms with van der Waals surface area (Å²) in [6.45, 7) is 1.56. The molecule has 0 bridgehead atoms. The highest BCUT2D eigenvalue weighted by atomic mass is 16.3. The molecule has 1 aliphatic rings. The summed E-state index contributed by atoms with van der Waals surface area (Å²) in [7, 11) is 0. The zero-order valence-electron chi connectivity index (χ0n) is 6.29. The molecule has 3 nitrogen and oxygen atoms in total. The van der Waals surface area contributed by atoms with Crippen LogP contribution >= 0.6 is 0 Å². The van der Waals surface area contributed by atoms with Crippen molar-refractivity contribution < 1.29 is 15.0 Å². The Balaban J connectivity index is 3.06. The third-order valence-electron chi connectivity index (χ3n) is 1.85. The minimum Gasteiger partial charge on any atom is -0.515 e. The van der Waals surface area contributed by atoms with Crippen LogP contribution in [0.4, 0.5) is 0 Å². The minimum atomic E-state index is -0.0660. The van der Waals surface area contributed by atoms with Crippen LogP contribution < -0.4 is 0 Å². The Bertz CT molecular complexity index is 248. The highest BCUT2D eigenvalue weighted by Crippen LogP contribution is 2.24. The number of carbonyl (C=O) groups is 1. The Morgan fingerprint density at radius 1 is 1.45 bits per heavy atom. The lowest BCUT2D eigenvalue weighted by molar-refractivity contribution is -0.116. The molecule has 0 amide bonds. The van der Waals surface area contributed by atoms with Gasteiger partial charge < -0.3 is 10.2 Å². The Morgan fingerprint density at radius 2 is 2.09 bits per heavy atom. The van der Waals surface area contributed by atoms with Gasteiger partial charge in [-0.2, -0.15) is 0 Å². The Kier molecular flexibility index (Phi) is 1.98. The van der Waals surface area contributed by atoms with Crippen LogP contribution in [0.25, 0.3) is 0 Å². The van der Waals surface area contributed by atoms with Crippen LogP contribution in [0.2, 0.25) is 0 Å². The van der Waals surface area contributed by atoms with Gasteiger partial charge in [0.15, 0.2) is 5.78 Å². The van der Waals surface area contributed by atoms with E-state index in [-0.39, 0.29) is 11.5 Å². The molecule has 0 aliphatic heterocycles. The fraction of sp³-hybridized carbons (Fsp3) is 0.375. The number of hydrogen-bond donors (Lipinski definition) is 2. The molecule has 1 aliphatic carbocycles. The van der Waals surface area contributed by atoms with E-state index in [0.717, 1.165) is 6.26 Å². The average molecular weight is 154 g/mol. The highest BCUT2D eigenvalue weighted by Gasteiger charge is 2.20. The van der Waals surface area contributed by atoms with Crippen LogP contribution in [0.3, 0.4) is 0 Å². The maximum absolute atomic E-state index is 10.9. The van der Waals surface area contributed by atoms with E-state index < -0.39 is 0 Å². The highest BCUT2D eigenvalue weighted by molar-refractivity contribution is 5.97. The van der Waals surface area contributed by atoms with Crippen LogP contribution in [0, 0.1) is 0 Å². The molecule has 0 spiro atoms. The number of carbonyl (C=O) groups excluding carboxylic acids is 1. The quantitative estimate of drug-likeness (QED) is 0.521. The number of rotatable bonds is 0. The first-order valence-electron chi connectivity index (χ1n) is 3.43. The molecule has 2 N–H and O–H groups in total. The van der Waals surface area contributed by atoms with Gasteiger partial charge in [0, 0.05) is 17.6 Å². The van der Waals surface area contributed by atoms with Crippen LogP contribution in [-0.2, 0) is 4.79 Å². The normalized spacial score (nSPS) is 23.0. The molecule has 1 rings (SSSR count). The molecule has 0 heterocycles. The molecule has 0 aromatic carbocycles. The van der Waals surface area contributed by atoms with Gasteiger partial charge in [-0.15, -0.1) is 0 Å². The van der Waals surface area contributed by atoms with E-state index in [2.05, 4.69) is 0 Å². The summed E-state index contributed by atoms with van der Waals surface area (Å²) >= 11 is 0. The topological polar surface area (TPSA) is 57.5 Å². The molecule has 0 atom stereocenters. The zero-order valence-corrected chi connectivity index (χ0v) is 6.29. The third kappa shape index (κ3) is 1.27. The largest absolute Gasteiger partial charge is 0.515 e. The summed E-state index contributed by atoms with van der Waals surface area (Å²) in [6, 6.07) is 0. The summed E-state index contributed by atoms with van der Waals surface area (Å²) in [5.41, 5.74) is 0.790. The maximum Gasteiger partial charge on any atom is 0.162 e. The fourth-order valence-electron chi connectivity index (χ4n) is 1.05. The monoisotopic (exact) mass is 154 g/mol. The maximum atomic E-state index is 10.9. The second kappa shape index (κ2) is 2.78. The molecule has 60 valence electrons. The van der Waals surface area contributed by atoms with Crippen molar-refractivity contribution in [3.63, 3.8) is 0 Å². The van der Waals surface area contributed by atoms with Crippen molar-refractivity contribution in [1.29, 1.82) is 0 Å². The van der Waals surface area contributed by atoms with Crippen LogP contribution in [0.15, 0.2) is 23.2 Å². The van der Waals surface area contributed by atoms with E-state index >= 15 is 0 Å². The summed E-state index contributed by atoms with van der Waals surface area (Å²) in [5.74, 6) is -0.114. The number of allylic oxidation sites excluding steroid dienone is 2. The Labute approximate surface area is 64.7 Å². The molecular formula is C8H10O3. The van der Waals surface area contributed by atoms with E-state index in [1.54, 1.807) is 6.92 Å². The van der Waals surface area contributed by atoms with Gasteiger partial charge in [0.25, 0.3) is 0 Å². The van der Waals surface area contributed by atoms with Crippen molar-refractivity contribution in [2.45, 2.75) is 19.8 Å². The van der Waals surface area contributed by atoms with E-state index in [1.807, 2.05) is 0 Å². The Morgan fingerprint density at radius 3 is 2.64 bits per heavy atom. The lowest BCUT2D eigenvalue weighted by atomic mass is 9.94. The van der Waals surface area contributed by atoms with Crippen molar-refractivity contribution in [3.8, 4) is 0 Å². The van der Waals surface area contributed by atoms with Crippen LogP contribution in [0.1, 0.15) is 19.8 Å². The average Bonchev–Trinajstić information content (AvgIpc) is 2.01. The molecule has 0 aromatic heterocycles. The predicted octanol–water partition coefficient (Wildman–Crippen LogP) is 1.62. The van der Waals surface area contributed by atoms with E-state index in [1.165, 1.54) is 0 Å². The van der Waals surface area contributed by atoms with Crippen molar-refractivity contribution >= 4 is 5.78 Å². The lowest BCUT2D eigenvalue weighted by Gasteiger charge is -2.13. The molecule has 0 unspecified atom stereocenters. The van der Waals surface area contributed by atoms with Crippen LogP contribution in [0.5, 0.6) is 0 Å². The molecule has 0 saturated heterocycles. The minimum absolute atomic E-state index is 0.0481. The molecule has 0 saturated carbocycles. The first kappa shape index (κ1) is 7.85. The second-order valence-electron chi connectivity index (χ2n) is 2.55. The summed E-state index contributed by atoms with van der Waals surface area (Å²) in [4.78, 5) is 10.9. The summed E-state index contributed by atoms with van der Waals surface area (Å²) in [6.07, 6.45) is 1.66. The summed E-state index contributed by atoms with van der Waals surface area (Å²) in [5, 5.41) is 17.8. The standard InChI is InChI=1S/C8H10O3/c1-5-7(10)3-2-6(4-9)8(5)11/h4,9,11H,2-3H2,1H3. The number of Topliss-reactive ketones (excluding diaryl/α,β-unsaturated/α-hetero) is 1. The third-order valence-corrected chi connectivity index (χ3v) is 1.85. The molecule has 0 radical (unpaired) electrons. The molecular weight excluding hydrogens is 144 g/mol. The van der Waals surface area contributed by atoms with Gasteiger partial charge in [-0.3, -0.25) is 4.79 Å². The van der Waals surface area contributed by atoms with Crippen molar-refractivity contribution in [2.75, 3.05) is 0 Å². The zero-order chi connectivity index (χ0) is 8.43. The number of aliphatic hydroxyl groups excluding tert-OH is 2. The Hall–Kier alpha value is -1.25. The summed E-state index contributed by atoms with van der Waals surface area (Å²) < 4.78 is 0. The van der Waals surface area contributed by atoms with Gasteiger partial charge in [-0.25, -0.2) is 0 Å². The number of hydrogen-bond acceptors (Lipinski definition) is 3. The number of aliphatic hydroxyl groups is 2. The van der Waals surface area contributed by atoms with Gasteiger partial charge in [-0.1, -0.05) is 0 Å². The lowest BCUT2D eigenvalue weighted by Crippen LogP contribution is -2.11. The van der Waals surface area contributed by atoms with Gasteiger partial charge in [0.05, 0.1) is 6.26 Å². The van der Waals surface area contributed by atoms with Crippen molar-refractivity contribution in [1.82, 2.24) is 0 Å². The van der Waals surface area contributed by atoms with Gasteiger partial charge in [0.1, 0.15) is 5.76 Å². The molecule has 3 heteroatoms. The van der Waals surface area contributed by atoms with Gasteiger partial charge >= 0.3 is 0 Å². The first-order valence-corrected chi connectivity index (χ1v) is 3.43.